The summed E-state index contributed by atoms with van der Waals surface area (Å²) in [6.45, 7) is 5.53. The number of benzene rings is 2. The fraction of sp³-hybridized carbons (Fsp3) is 0.375. The van der Waals surface area contributed by atoms with Crippen LogP contribution in [0.25, 0.3) is 0 Å². The van der Waals surface area contributed by atoms with Gasteiger partial charge < -0.3 is 24.8 Å². The fourth-order valence-corrected chi connectivity index (χ4v) is 2.90. The van der Waals surface area contributed by atoms with E-state index in [1.54, 1.807) is 43.3 Å². The molecule has 0 aliphatic heterocycles. The molecular formula is C24H29ClN2O6. The SMILES string of the molecule is CCCCOc1ccc(C(=O)NCC(=O)OC(C)C(=O)Nc2cc(C)c(Cl)cc2OC)cc1. The van der Waals surface area contributed by atoms with Crippen LogP contribution in [-0.2, 0) is 14.3 Å². The Balaban J connectivity index is 1.83. The summed E-state index contributed by atoms with van der Waals surface area (Å²) < 4.78 is 15.9. The van der Waals surface area contributed by atoms with Gasteiger partial charge in [0.1, 0.15) is 18.0 Å². The first-order valence-corrected chi connectivity index (χ1v) is 11.0. The van der Waals surface area contributed by atoms with E-state index < -0.39 is 23.9 Å². The van der Waals surface area contributed by atoms with E-state index in [1.165, 1.54) is 14.0 Å². The first kappa shape index (κ1) is 26.0. The topological polar surface area (TPSA) is 103 Å². The smallest absolute Gasteiger partial charge is 0.326 e. The van der Waals surface area contributed by atoms with Crippen LogP contribution in [0.3, 0.4) is 0 Å². The molecule has 178 valence electrons. The van der Waals surface area contributed by atoms with Crippen LogP contribution in [-0.4, -0.2) is 44.1 Å². The van der Waals surface area contributed by atoms with Crippen molar-refractivity contribution in [3.63, 3.8) is 0 Å². The van der Waals surface area contributed by atoms with Crippen molar-refractivity contribution in [3.8, 4) is 11.5 Å². The minimum Gasteiger partial charge on any atom is -0.495 e. The molecule has 0 bridgehead atoms. The van der Waals surface area contributed by atoms with E-state index in [0.29, 0.717) is 34.4 Å². The second-order valence-electron chi connectivity index (χ2n) is 7.33. The number of methoxy groups -OCH3 is 1. The Labute approximate surface area is 198 Å². The normalized spacial score (nSPS) is 11.3. The number of unbranched alkanes of at least 4 members (excludes halogenated alkanes) is 1. The largest absolute Gasteiger partial charge is 0.495 e. The minimum absolute atomic E-state index is 0.377. The van der Waals surface area contributed by atoms with Crippen molar-refractivity contribution in [2.24, 2.45) is 0 Å². The Morgan fingerprint density at radius 2 is 1.82 bits per heavy atom. The van der Waals surface area contributed by atoms with E-state index in [9.17, 15) is 14.4 Å². The van der Waals surface area contributed by atoms with Crippen LogP contribution in [0.2, 0.25) is 5.02 Å². The van der Waals surface area contributed by atoms with Gasteiger partial charge in [0.15, 0.2) is 6.10 Å². The third-order valence-electron chi connectivity index (χ3n) is 4.69. The van der Waals surface area contributed by atoms with E-state index >= 15 is 0 Å². The Morgan fingerprint density at radius 1 is 1.12 bits per heavy atom. The number of hydrogen-bond donors (Lipinski definition) is 2. The van der Waals surface area contributed by atoms with Crippen molar-refractivity contribution in [2.45, 2.75) is 39.7 Å². The maximum Gasteiger partial charge on any atom is 0.326 e. The molecule has 2 N–H and O–H groups in total. The quantitative estimate of drug-likeness (QED) is 0.373. The fourth-order valence-electron chi connectivity index (χ4n) is 2.75. The number of esters is 1. The molecule has 0 saturated heterocycles. The lowest BCUT2D eigenvalue weighted by molar-refractivity contribution is -0.152. The molecule has 2 amide bonds. The number of halogens is 1. The lowest BCUT2D eigenvalue weighted by Crippen LogP contribution is -2.35. The first-order valence-electron chi connectivity index (χ1n) is 10.6. The van der Waals surface area contributed by atoms with Crippen LogP contribution in [0, 0.1) is 6.92 Å². The Kier molecular flexibility index (Phi) is 10.00. The summed E-state index contributed by atoms with van der Waals surface area (Å²) in [7, 11) is 1.45. The van der Waals surface area contributed by atoms with Crippen molar-refractivity contribution in [3.05, 3.63) is 52.5 Å². The summed E-state index contributed by atoms with van der Waals surface area (Å²) in [5, 5.41) is 5.62. The van der Waals surface area contributed by atoms with Gasteiger partial charge in [-0.25, -0.2) is 0 Å². The molecule has 0 saturated carbocycles. The summed E-state index contributed by atoms with van der Waals surface area (Å²) in [5.74, 6) is -0.679. The van der Waals surface area contributed by atoms with Gasteiger partial charge in [-0.1, -0.05) is 24.9 Å². The Morgan fingerprint density at radius 3 is 2.45 bits per heavy atom. The average Bonchev–Trinajstić information content (AvgIpc) is 2.80. The molecule has 1 atom stereocenters. The van der Waals surface area contributed by atoms with E-state index in [4.69, 9.17) is 25.8 Å². The summed E-state index contributed by atoms with van der Waals surface area (Å²) in [6, 6.07) is 9.86. The number of nitrogens with one attached hydrogen (secondary N) is 2. The molecule has 0 radical (unpaired) electrons. The number of amides is 2. The van der Waals surface area contributed by atoms with Gasteiger partial charge in [-0.2, -0.15) is 0 Å². The van der Waals surface area contributed by atoms with Crippen LogP contribution < -0.4 is 20.1 Å². The predicted octanol–water partition coefficient (Wildman–Crippen LogP) is 4.14. The van der Waals surface area contributed by atoms with Crippen LogP contribution in [0.1, 0.15) is 42.6 Å². The Bertz CT molecular complexity index is 978. The number of rotatable bonds is 11. The van der Waals surface area contributed by atoms with Crippen LogP contribution in [0.4, 0.5) is 5.69 Å². The highest BCUT2D eigenvalue weighted by atomic mass is 35.5. The third-order valence-corrected chi connectivity index (χ3v) is 5.10. The number of hydrogen-bond acceptors (Lipinski definition) is 6. The zero-order valence-corrected chi connectivity index (χ0v) is 20.0. The van der Waals surface area contributed by atoms with Gasteiger partial charge >= 0.3 is 5.97 Å². The molecule has 8 nitrogen and oxygen atoms in total. The van der Waals surface area contributed by atoms with Crippen molar-refractivity contribution in [2.75, 3.05) is 25.6 Å². The van der Waals surface area contributed by atoms with E-state index in [0.717, 1.165) is 18.4 Å². The average molecular weight is 477 g/mol. The molecule has 2 aromatic carbocycles. The van der Waals surface area contributed by atoms with Crippen molar-refractivity contribution in [1.29, 1.82) is 0 Å². The zero-order valence-electron chi connectivity index (χ0n) is 19.2. The summed E-state index contributed by atoms with van der Waals surface area (Å²) in [4.78, 5) is 36.8. The van der Waals surface area contributed by atoms with E-state index in [-0.39, 0.29) is 6.54 Å². The molecule has 0 aliphatic carbocycles. The molecule has 0 aliphatic rings. The monoisotopic (exact) mass is 476 g/mol. The molecule has 0 spiro atoms. The lowest BCUT2D eigenvalue weighted by atomic mass is 10.2. The van der Waals surface area contributed by atoms with Crippen molar-refractivity contribution < 1.29 is 28.6 Å². The van der Waals surface area contributed by atoms with Gasteiger partial charge in [0, 0.05) is 16.7 Å². The first-order chi connectivity index (χ1) is 15.7. The maximum absolute atomic E-state index is 12.4. The number of ether oxygens (including phenoxy) is 3. The standard InChI is InChI=1S/C24H29ClN2O6/c1-5-6-11-32-18-9-7-17(8-10-18)24(30)26-14-22(28)33-16(3)23(29)27-20-12-15(2)19(25)13-21(20)31-4/h7-10,12-13,16H,5-6,11,14H2,1-4H3,(H,26,30)(H,27,29). The number of carbonyl (C=O) groups excluding carboxylic acids is 3. The van der Waals surface area contributed by atoms with E-state index in [2.05, 4.69) is 17.6 Å². The number of aryl methyl sites for hydroxylation is 1. The zero-order chi connectivity index (χ0) is 24.4. The van der Waals surface area contributed by atoms with Gasteiger partial charge in [-0.15, -0.1) is 0 Å². The van der Waals surface area contributed by atoms with Gasteiger partial charge in [0.2, 0.25) is 0 Å². The highest BCUT2D eigenvalue weighted by molar-refractivity contribution is 6.31. The van der Waals surface area contributed by atoms with Crippen molar-refractivity contribution in [1.82, 2.24) is 5.32 Å². The number of carbonyl (C=O) groups is 3. The highest BCUT2D eigenvalue weighted by Crippen LogP contribution is 2.31. The molecule has 0 heterocycles. The number of anilines is 1. The van der Waals surface area contributed by atoms with E-state index in [1.807, 2.05) is 0 Å². The molecule has 9 heteroatoms. The predicted molar refractivity (Wildman–Crippen MR) is 126 cm³/mol. The van der Waals surface area contributed by atoms with Crippen molar-refractivity contribution >= 4 is 35.1 Å². The lowest BCUT2D eigenvalue weighted by Gasteiger charge is -2.16. The van der Waals surface area contributed by atoms with Crippen LogP contribution in [0.15, 0.2) is 36.4 Å². The molecule has 0 aromatic heterocycles. The van der Waals surface area contributed by atoms with Gasteiger partial charge in [-0.05, 0) is 56.2 Å². The highest BCUT2D eigenvalue weighted by Gasteiger charge is 2.20. The molecule has 2 aromatic rings. The molecule has 2 rings (SSSR count). The molecular weight excluding hydrogens is 448 g/mol. The van der Waals surface area contributed by atoms with Gasteiger partial charge in [-0.3, -0.25) is 14.4 Å². The second kappa shape index (κ2) is 12.7. The van der Waals surface area contributed by atoms with Crippen LogP contribution >= 0.6 is 11.6 Å². The van der Waals surface area contributed by atoms with Crippen LogP contribution in [0.5, 0.6) is 11.5 Å². The summed E-state index contributed by atoms with van der Waals surface area (Å²) in [5.41, 5.74) is 1.53. The van der Waals surface area contributed by atoms with Gasteiger partial charge in [0.05, 0.1) is 19.4 Å². The molecule has 1 unspecified atom stereocenters. The molecule has 0 fully saturated rings. The summed E-state index contributed by atoms with van der Waals surface area (Å²) in [6.07, 6.45) is 0.897. The molecule has 33 heavy (non-hydrogen) atoms. The maximum atomic E-state index is 12.4. The third kappa shape index (κ3) is 7.98. The minimum atomic E-state index is -1.09. The second-order valence-corrected chi connectivity index (χ2v) is 7.74. The van der Waals surface area contributed by atoms with Gasteiger partial charge in [0.25, 0.3) is 11.8 Å². The summed E-state index contributed by atoms with van der Waals surface area (Å²) >= 11 is 6.07. The Hall–Kier alpha value is -3.26.